The molecule has 1 amide bonds. The van der Waals surface area contributed by atoms with Gasteiger partial charge in [0.1, 0.15) is 6.04 Å². The number of halogens is 2. The SMILES string of the molecule is C[C@H](NC(=O)Cc1ccc(S(=O)(=O)C(F)F)cc1)C(=O)O. The Balaban J connectivity index is 2.76. The number of carbonyl (C=O) groups excluding carboxylic acids is 1. The van der Waals surface area contributed by atoms with Crippen molar-refractivity contribution < 1.29 is 31.9 Å². The molecule has 1 aromatic rings. The van der Waals surface area contributed by atoms with Crippen molar-refractivity contribution >= 4 is 21.7 Å². The third-order valence-corrected chi connectivity index (χ3v) is 4.00. The summed E-state index contributed by atoms with van der Waals surface area (Å²) in [6.07, 6.45) is -0.188. The largest absolute Gasteiger partial charge is 0.480 e. The van der Waals surface area contributed by atoms with Crippen molar-refractivity contribution in [3.63, 3.8) is 0 Å². The maximum atomic E-state index is 12.3. The molecule has 0 heterocycles. The van der Waals surface area contributed by atoms with Gasteiger partial charge in [-0.1, -0.05) is 12.1 Å². The molecule has 0 bridgehead atoms. The molecular formula is C12H13F2NO5S. The minimum atomic E-state index is -4.66. The van der Waals surface area contributed by atoms with Crippen LogP contribution in [0.5, 0.6) is 0 Å². The number of amides is 1. The molecule has 21 heavy (non-hydrogen) atoms. The molecule has 0 radical (unpaired) electrons. The van der Waals surface area contributed by atoms with Gasteiger partial charge in [0.2, 0.25) is 15.7 Å². The van der Waals surface area contributed by atoms with E-state index < -0.39 is 38.4 Å². The van der Waals surface area contributed by atoms with Crippen LogP contribution in [-0.4, -0.2) is 37.2 Å². The summed E-state index contributed by atoms with van der Waals surface area (Å²) >= 11 is 0. The minimum Gasteiger partial charge on any atom is -0.480 e. The summed E-state index contributed by atoms with van der Waals surface area (Å²) < 4.78 is 47.0. The maximum absolute atomic E-state index is 12.3. The zero-order valence-corrected chi connectivity index (χ0v) is 11.7. The van der Waals surface area contributed by atoms with Crippen molar-refractivity contribution in [1.29, 1.82) is 0 Å². The predicted molar refractivity (Wildman–Crippen MR) is 68.6 cm³/mol. The summed E-state index contributed by atoms with van der Waals surface area (Å²) in [6, 6.07) is 3.34. The lowest BCUT2D eigenvalue weighted by Crippen LogP contribution is -2.39. The number of alkyl halides is 2. The molecule has 1 atom stereocenters. The van der Waals surface area contributed by atoms with Gasteiger partial charge in [-0.3, -0.25) is 9.59 Å². The second kappa shape index (κ2) is 6.61. The van der Waals surface area contributed by atoms with E-state index in [0.29, 0.717) is 5.56 Å². The topological polar surface area (TPSA) is 101 Å². The Morgan fingerprint density at radius 2 is 1.76 bits per heavy atom. The van der Waals surface area contributed by atoms with Crippen LogP contribution in [0.15, 0.2) is 29.2 Å². The van der Waals surface area contributed by atoms with Crippen LogP contribution in [0.3, 0.4) is 0 Å². The number of carbonyl (C=O) groups is 2. The summed E-state index contributed by atoms with van der Waals surface area (Å²) in [5, 5.41) is 10.8. The minimum absolute atomic E-state index is 0.188. The summed E-state index contributed by atoms with van der Waals surface area (Å²) in [6.45, 7) is 1.29. The van der Waals surface area contributed by atoms with Gasteiger partial charge in [-0.2, -0.15) is 8.78 Å². The highest BCUT2D eigenvalue weighted by Crippen LogP contribution is 2.18. The van der Waals surface area contributed by atoms with Gasteiger partial charge in [-0.15, -0.1) is 0 Å². The molecule has 0 aliphatic carbocycles. The van der Waals surface area contributed by atoms with Gasteiger partial charge in [0.15, 0.2) is 0 Å². The third kappa shape index (κ3) is 4.48. The van der Waals surface area contributed by atoms with Gasteiger partial charge in [-0.05, 0) is 24.6 Å². The lowest BCUT2D eigenvalue weighted by Gasteiger charge is -2.09. The standard InChI is InChI=1S/C12H13F2NO5S/c1-7(11(17)18)15-10(16)6-8-2-4-9(5-3-8)21(19,20)12(13)14/h2-5,7,12H,6H2,1H3,(H,15,16)(H,17,18)/t7-/m0/s1. The highest BCUT2D eigenvalue weighted by Gasteiger charge is 2.26. The normalized spacial score (nSPS) is 13.0. The first kappa shape index (κ1) is 17.0. The molecule has 0 unspecified atom stereocenters. The van der Waals surface area contributed by atoms with E-state index in [1.807, 2.05) is 0 Å². The summed E-state index contributed by atoms with van der Waals surface area (Å²) in [5.74, 6) is -5.28. The predicted octanol–water partition coefficient (Wildman–Crippen LogP) is 0.815. The Hall–Kier alpha value is -2.03. The fourth-order valence-corrected chi connectivity index (χ4v) is 2.16. The van der Waals surface area contributed by atoms with Crippen LogP contribution in [0, 0.1) is 0 Å². The van der Waals surface area contributed by atoms with E-state index in [2.05, 4.69) is 5.32 Å². The average Bonchev–Trinajstić information content (AvgIpc) is 2.38. The molecule has 0 spiro atoms. The number of hydrogen-bond donors (Lipinski definition) is 2. The molecule has 9 heteroatoms. The van der Waals surface area contributed by atoms with Crippen LogP contribution < -0.4 is 5.32 Å². The summed E-state index contributed by atoms with van der Waals surface area (Å²) in [4.78, 5) is 21.5. The van der Waals surface area contributed by atoms with Crippen molar-refractivity contribution in [1.82, 2.24) is 5.32 Å². The van der Waals surface area contributed by atoms with Gasteiger partial charge < -0.3 is 10.4 Å². The molecule has 0 aliphatic rings. The van der Waals surface area contributed by atoms with Crippen LogP contribution in [-0.2, 0) is 25.8 Å². The molecule has 1 aromatic carbocycles. The summed E-state index contributed by atoms with van der Waals surface area (Å²) in [7, 11) is -4.66. The highest BCUT2D eigenvalue weighted by atomic mass is 32.2. The van der Waals surface area contributed by atoms with E-state index in [0.717, 1.165) is 12.1 Å². The molecule has 6 nitrogen and oxygen atoms in total. The number of aliphatic carboxylic acids is 1. The van der Waals surface area contributed by atoms with E-state index in [1.54, 1.807) is 0 Å². The third-order valence-electron chi connectivity index (χ3n) is 2.60. The zero-order valence-electron chi connectivity index (χ0n) is 10.9. The smallest absolute Gasteiger partial charge is 0.341 e. The lowest BCUT2D eigenvalue weighted by molar-refractivity contribution is -0.141. The maximum Gasteiger partial charge on any atom is 0.341 e. The van der Waals surface area contributed by atoms with Crippen LogP contribution in [0.1, 0.15) is 12.5 Å². The molecule has 0 aliphatic heterocycles. The van der Waals surface area contributed by atoms with Crippen LogP contribution in [0.2, 0.25) is 0 Å². The van der Waals surface area contributed by atoms with Gasteiger partial charge >= 0.3 is 11.7 Å². The van der Waals surface area contributed by atoms with Crippen molar-refractivity contribution in [2.45, 2.75) is 30.0 Å². The first-order valence-electron chi connectivity index (χ1n) is 5.77. The van der Waals surface area contributed by atoms with Gasteiger partial charge in [-0.25, -0.2) is 8.42 Å². The molecule has 2 N–H and O–H groups in total. The van der Waals surface area contributed by atoms with Crippen LogP contribution >= 0.6 is 0 Å². The molecule has 1 rings (SSSR count). The lowest BCUT2D eigenvalue weighted by atomic mass is 10.1. The number of rotatable bonds is 6. The van der Waals surface area contributed by atoms with Crippen molar-refractivity contribution in [2.24, 2.45) is 0 Å². The van der Waals surface area contributed by atoms with E-state index in [1.165, 1.54) is 19.1 Å². The molecule has 0 saturated carbocycles. The van der Waals surface area contributed by atoms with E-state index >= 15 is 0 Å². The first-order chi connectivity index (χ1) is 9.64. The highest BCUT2D eigenvalue weighted by molar-refractivity contribution is 7.91. The van der Waals surface area contributed by atoms with E-state index in [9.17, 15) is 26.8 Å². The number of hydrogen-bond acceptors (Lipinski definition) is 4. The molecule has 0 saturated heterocycles. The van der Waals surface area contributed by atoms with E-state index in [4.69, 9.17) is 5.11 Å². The zero-order chi connectivity index (χ0) is 16.2. The summed E-state index contributed by atoms with van der Waals surface area (Å²) in [5.41, 5.74) is 0.373. The van der Waals surface area contributed by atoms with Crippen LogP contribution in [0.4, 0.5) is 8.78 Å². The van der Waals surface area contributed by atoms with Crippen molar-refractivity contribution in [3.05, 3.63) is 29.8 Å². The van der Waals surface area contributed by atoms with Gasteiger partial charge in [0, 0.05) is 0 Å². The van der Waals surface area contributed by atoms with Crippen molar-refractivity contribution in [2.75, 3.05) is 0 Å². The Kier molecular flexibility index (Phi) is 5.36. The van der Waals surface area contributed by atoms with Crippen LogP contribution in [0.25, 0.3) is 0 Å². The van der Waals surface area contributed by atoms with Crippen molar-refractivity contribution in [3.8, 4) is 0 Å². The van der Waals surface area contributed by atoms with E-state index in [-0.39, 0.29) is 6.42 Å². The fourth-order valence-electron chi connectivity index (χ4n) is 1.44. The second-order valence-electron chi connectivity index (χ2n) is 4.25. The number of benzene rings is 1. The average molecular weight is 321 g/mol. The quantitative estimate of drug-likeness (QED) is 0.808. The Labute approximate surface area is 119 Å². The fraction of sp³-hybridized carbons (Fsp3) is 0.333. The number of sulfone groups is 1. The molecular weight excluding hydrogens is 308 g/mol. The second-order valence-corrected chi connectivity index (χ2v) is 6.17. The van der Waals surface area contributed by atoms with Gasteiger partial charge in [0.05, 0.1) is 11.3 Å². The molecule has 116 valence electrons. The monoisotopic (exact) mass is 321 g/mol. The van der Waals surface area contributed by atoms with Gasteiger partial charge in [0.25, 0.3) is 0 Å². The number of nitrogens with one attached hydrogen (secondary N) is 1. The first-order valence-corrected chi connectivity index (χ1v) is 7.32. The Morgan fingerprint density at radius 3 is 2.19 bits per heavy atom. The molecule has 0 fully saturated rings. The molecule has 0 aromatic heterocycles. The number of carboxylic acids is 1. The number of carboxylic acid groups (broad SMARTS) is 1. The Bertz CT molecular complexity index is 628. The Morgan fingerprint density at radius 1 is 1.24 bits per heavy atom.